The third kappa shape index (κ3) is 4.25. The van der Waals surface area contributed by atoms with E-state index in [1.54, 1.807) is 42.5 Å². The van der Waals surface area contributed by atoms with Gasteiger partial charge in [-0.2, -0.15) is 5.11 Å². The van der Waals surface area contributed by atoms with Gasteiger partial charge in [0, 0.05) is 11.1 Å². The zero-order chi connectivity index (χ0) is 21.8. The SMILES string of the molecule is O=C(O)c1cccc(NC(=O)c2cc3ccccc3c(/N=N/c3ccccc3)c2O)c1. The first-order valence-electron chi connectivity index (χ1n) is 9.39. The summed E-state index contributed by atoms with van der Waals surface area (Å²) in [6.07, 6.45) is 0. The average Bonchev–Trinajstić information content (AvgIpc) is 2.79. The molecule has 3 N–H and O–H groups in total. The number of carbonyl (C=O) groups excluding carboxylic acids is 1. The normalized spacial score (nSPS) is 11.0. The molecule has 0 heterocycles. The fraction of sp³-hybridized carbons (Fsp3) is 0. The smallest absolute Gasteiger partial charge is 0.335 e. The number of rotatable bonds is 5. The number of amides is 1. The van der Waals surface area contributed by atoms with Crippen molar-refractivity contribution in [1.82, 2.24) is 0 Å². The van der Waals surface area contributed by atoms with Crippen LogP contribution in [0.4, 0.5) is 17.1 Å². The molecule has 0 aliphatic carbocycles. The fourth-order valence-corrected chi connectivity index (χ4v) is 3.12. The third-order valence-corrected chi connectivity index (χ3v) is 4.63. The first-order valence-corrected chi connectivity index (χ1v) is 9.39. The van der Waals surface area contributed by atoms with Gasteiger partial charge in [-0.1, -0.05) is 48.5 Å². The van der Waals surface area contributed by atoms with Crippen molar-refractivity contribution in [2.75, 3.05) is 5.32 Å². The summed E-state index contributed by atoms with van der Waals surface area (Å²) in [5, 5.41) is 32.3. The number of aromatic carboxylic acids is 1. The van der Waals surface area contributed by atoms with E-state index in [4.69, 9.17) is 5.11 Å². The quantitative estimate of drug-likeness (QED) is 0.354. The molecule has 31 heavy (non-hydrogen) atoms. The minimum Gasteiger partial charge on any atom is -0.505 e. The van der Waals surface area contributed by atoms with Crippen molar-refractivity contribution in [2.24, 2.45) is 10.2 Å². The summed E-state index contributed by atoms with van der Waals surface area (Å²) in [5.41, 5.74) is 1.11. The topological polar surface area (TPSA) is 111 Å². The molecule has 0 spiro atoms. The van der Waals surface area contributed by atoms with Gasteiger partial charge in [0.05, 0.1) is 16.8 Å². The molecule has 0 aliphatic heterocycles. The highest BCUT2D eigenvalue weighted by molar-refractivity contribution is 6.12. The Morgan fingerprint density at radius 1 is 0.806 bits per heavy atom. The van der Waals surface area contributed by atoms with E-state index in [9.17, 15) is 14.7 Å². The molecule has 1 amide bonds. The largest absolute Gasteiger partial charge is 0.505 e. The van der Waals surface area contributed by atoms with E-state index >= 15 is 0 Å². The molecule has 4 rings (SSSR count). The molecule has 0 aliphatic rings. The number of anilines is 1. The third-order valence-electron chi connectivity index (χ3n) is 4.63. The standard InChI is InChI=1S/C24H17N3O4/c28-22-20(23(29)25-18-11-6-8-16(13-18)24(30)31)14-15-7-4-5-12-19(15)21(22)27-26-17-9-2-1-3-10-17/h1-14,28H,(H,25,29)(H,30,31)/b27-26+. The summed E-state index contributed by atoms with van der Waals surface area (Å²) >= 11 is 0. The van der Waals surface area contributed by atoms with Crippen molar-refractivity contribution in [3.63, 3.8) is 0 Å². The minimum absolute atomic E-state index is 0.00133. The molecule has 0 radical (unpaired) electrons. The van der Waals surface area contributed by atoms with Crippen LogP contribution in [0, 0.1) is 0 Å². The van der Waals surface area contributed by atoms with Crippen LogP contribution in [0.3, 0.4) is 0 Å². The number of phenolic OH excluding ortho intramolecular Hbond substituents is 1. The maximum Gasteiger partial charge on any atom is 0.335 e. The predicted octanol–water partition coefficient (Wildman–Crippen LogP) is 5.91. The Balaban J connectivity index is 1.75. The maximum absolute atomic E-state index is 12.9. The van der Waals surface area contributed by atoms with E-state index in [0.29, 0.717) is 22.1 Å². The number of nitrogens with zero attached hydrogens (tertiary/aromatic N) is 2. The van der Waals surface area contributed by atoms with Crippen LogP contribution in [-0.4, -0.2) is 22.1 Å². The van der Waals surface area contributed by atoms with Gasteiger partial charge >= 0.3 is 5.97 Å². The molecular weight excluding hydrogens is 394 g/mol. The Bertz CT molecular complexity index is 1320. The van der Waals surface area contributed by atoms with Crippen molar-refractivity contribution in [3.05, 3.63) is 96.1 Å². The van der Waals surface area contributed by atoms with Gasteiger partial charge in [0.25, 0.3) is 5.91 Å². The Hall–Kier alpha value is -4.52. The van der Waals surface area contributed by atoms with E-state index in [0.717, 1.165) is 0 Å². The average molecular weight is 411 g/mol. The van der Waals surface area contributed by atoms with Crippen molar-refractivity contribution < 1.29 is 19.8 Å². The van der Waals surface area contributed by atoms with Gasteiger partial charge in [-0.25, -0.2) is 4.79 Å². The molecule has 0 bridgehead atoms. The Kier molecular flexibility index (Phi) is 5.40. The van der Waals surface area contributed by atoms with Crippen molar-refractivity contribution in [2.45, 2.75) is 0 Å². The van der Waals surface area contributed by atoms with Crippen molar-refractivity contribution in [3.8, 4) is 5.75 Å². The van der Waals surface area contributed by atoms with Crippen molar-refractivity contribution >= 4 is 39.7 Å². The molecule has 0 saturated carbocycles. The number of carbonyl (C=O) groups is 2. The van der Waals surface area contributed by atoms with Crippen LogP contribution in [-0.2, 0) is 0 Å². The Morgan fingerprint density at radius 2 is 1.55 bits per heavy atom. The number of nitrogens with one attached hydrogen (secondary N) is 1. The number of hydrogen-bond donors (Lipinski definition) is 3. The Labute approximate surface area is 177 Å². The van der Waals surface area contributed by atoms with Crippen LogP contribution in [0.1, 0.15) is 20.7 Å². The minimum atomic E-state index is -1.10. The number of benzene rings is 4. The second kappa shape index (κ2) is 8.46. The van der Waals surface area contributed by atoms with E-state index in [-0.39, 0.29) is 22.6 Å². The highest BCUT2D eigenvalue weighted by atomic mass is 16.4. The number of hydrogen-bond acceptors (Lipinski definition) is 5. The number of phenols is 1. The van der Waals surface area contributed by atoms with Gasteiger partial charge in [-0.3, -0.25) is 4.79 Å². The van der Waals surface area contributed by atoms with Crippen LogP contribution < -0.4 is 5.32 Å². The zero-order valence-electron chi connectivity index (χ0n) is 16.2. The van der Waals surface area contributed by atoms with Crippen molar-refractivity contribution in [1.29, 1.82) is 0 Å². The van der Waals surface area contributed by atoms with Crippen LogP contribution in [0.25, 0.3) is 10.8 Å². The van der Waals surface area contributed by atoms with E-state index in [2.05, 4.69) is 15.5 Å². The van der Waals surface area contributed by atoms with Gasteiger partial charge in [-0.15, -0.1) is 5.11 Å². The lowest BCUT2D eigenvalue weighted by Crippen LogP contribution is -2.12. The predicted molar refractivity (Wildman–Crippen MR) is 118 cm³/mol. The highest BCUT2D eigenvalue weighted by Gasteiger charge is 2.19. The molecule has 0 atom stereocenters. The van der Waals surface area contributed by atoms with Crippen LogP contribution in [0.15, 0.2) is 95.2 Å². The molecule has 152 valence electrons. The Morgan fingerprint density at radius 3 is 2.32 bits per heavy atom. The number of carboxylic acid groups (broad SMARTS) is 1. The van der Waals surface area contributed by atoms with Crippen LogP contribution in [0.2, 0.25) is 0 Å². The lowest BCUT2D eigenvalue weighted by molar-refractivity contribution is 0.0696. The van der Waals surface area contributed by atoms with E-state index in [1.165, 1.54) is 18.2 Å². The first kappa shape index (κ1) is 19.8. The first-order chi connectivity index (χ1) is 15.0. The molecule has 7 nitrogen and oxygen atoms in total. The summed E-state index contributed by atoms with van der Waals surface area (Å²) in [6, 6.07) is 23.7. The molecule has 0 fully saturated rings. The molecule has 4 aromatic rings. The number of carboxylic acids is 1. The molecule has 4 aromatic carbocycles. The maximum atomic E-state index is 12.9. The van der Waals surface area contributed by atoms with Gasteiger partial charge in [0.15, 0.2) is 5.75 Å². The monoisotopic (exact) mass is 411 g/mol. The highest BCUT2D eigenvalue weighted by Crippen LogP contribution is 2.39. The summed E-state index contributed by atoms with van der Waals surface area (Å²) in [6.45, 7) is 0. The van der Waals surface area contributed by atoms with Gasteiger partial charge in [-0.05, 0) is 41.8 Å². The second-order valence-corrected chi connectivity index (χ2v) is 6.72. The summed E-state index contributed by atoms with van der Waals surface area (Å²) in [7, 11) is 0. The van der Waals surface area contributed by atoms with E-state index in [1.807, 2.05) is 24.3 Å². The fourth-order valence-electron chi connectivity index (χ4n) is 3.12. The second-order valence-electron chi connectivity index (χ2n) is 6.72. The molecule has 0 aromatic heterocycles. The molecule has 0 saturated heterocycles. The molecule has 7 heteroatoms. The summed E-state index contributed by atoms with van der Waals surface area (Å²) in [5.74, 6) is -2.01. The lowest BCUT2D eigenvalue weighted by atomic mass is 10.0. The lowest BCUT2D eigenvalue weighted by Gasteiger charge is -2.11. The molecular formula is C24H17N3O4. The number of fused-ring (bicyclic) bond motifs is 1. The summed E-state index contributed by atoms with van der Waals surface area (Å²) < 4.78 is 0. The van der Waals surface area contributed by atoms with Gasteiger partial charge in [0.1, 0.15) is 5.69 Å². The molecule has 0 unspecified atom stereocenters. The van der Waals surface area contributed by atoms with Crippen LogP contribution >= 0.6 is 0 Å². The number of aromatic hydroxyl groups is 1. The zero-order valence-corrected chi connectivity index (χ0v) is 16.2. The van der Waals surface area contributed by atoms with E-state index < -0.39 is 11.9 Å². The van der Waals surface area contributed by atoms with Gasteiger partial charge in [0.2, 0.25) is 0 Å². The van der Waals surface area contributed by atoms with Crippen LogP contribution in [0.5, 0.6) is 5.75 Å². The van der Waals surface area contributed by atoms with Gasteiger partial charge < -0.3 is 15.5 Å². The summed E-state index contributed by atoms with van der Waals surface area (Å²) in [4.78, 5) is 24.1. The number of azo groups is 1.